The molecule has 0 fully saturated rings. The van der Waals surface area contributed by atoms with Gasteiger partial charge in [0.15, 0.2) is 0 Å². The molecule has 0 saturated carbocycles. The normalized spacial score (nSPS) is 18.7. The standard InChI is InChI=1S/C33H36N6O8/c1-45-31(42)27-26-14-13-22(19-40)35-33(44)36-24(16-21-11-7-4-8-12-21)25-18-39(38-37-25)17-23(15-20-9-5-3-6-10-20)34-30(41)29(47-26)28(27)32(43)46-2/h3-12,18,22-24,40H,13-17,19H2,1-2H3,(H,34,41)(H2,35,36,44)/t22-,23+,24+/m1/s1. The maximum absolute atomic E-state index is 13.9. The Bertz CT molecular complexity index is 1700. The highest BCUT2D eigenvalue weighted by Gasteiger charge is 2.35. The molecule has 1 aliphatic heterocycles. The van der Waals surface area contributed by atoms with Crippen LogP contribution >= 0.6 is 0 Å². The summed E-state index contributed by atoms with van der Waals surface area (Å²) in [4.78, 5) is 53.0. The van der Waals surface area contributed by atoms with Crippen molar-refractivity contribution in [2.75, 3.05) is 20.8 Å². The zero-order valence-corrected chi connectivity index (χ0v) is 26.0. The average Bonchev–Trinajstić information content (AvgIpc) is 3.71. The van der Waals surface area contributed by atoms with Gasteiger partial charge in [0.05, 0.1) is 51.7 Å². The maximum atomic E-state index is 13.9. The zero-order chi connectivity index (χ0) is 33.3. The lowest BCUT2D eigenvalue weighted by Gasteiger charge is -2.21. The second-order valence-corrected chi connectivity index (χ2v) is 11.1. The minimum Gasteiger partial charge on any atom is -0.465 e. The third kappa shape index (κ3) is 8.02. The molecule has 4 N–H and O–H groups in total. The van der Waals surface area contributed by atoms with Gasteiger partial charge >= 0.3 is 18.0 Å². The van der Waals surface area contributed by atoms with Crippen LogP contribution in [0.5, 0.6) is 0 Å². The minimum absolute atomic E-state index is 0.0329. The number of furan rings is 1. The first-order chi connectivity index (χ1) is 22.8. The number of hydrogen-bond donors (Lipinski definition) is 4. The molecule has 3 amide bonds. The number of ether oxygens (including phenoxy) is 2. The Morgan fingerprint density at radius 3 is 2.17 bits per heavy atom. The molecule has 0 unspecified atom stereocenters. The summed E-state index contributed by atoms with van der Waals surface area (Å²) in [5, 5.41) is 27.4. The molecule has 0 spiro atoms. The topological polar surface area (TPSA) is 187 Å². The molecule has 2 aromatic heterocycles. The number of fused-ring (bicyclic) bond motifs is 4. The monoisotopic (exact) mass is 644 g/mol. The number of esters is 2. The van der Waals surface area contributed by atoms with Gasteiger partial charge in [0.2, 0.25) is 5.76 Å². The van der Waals surface area contributed by atoms with E-state index in [1.165, 1.54) is 0 Å². The fraction of sp³-hybridized carbons (Fsp3) is 0.333. The van der Waals surface area contributed by atoms with Crippen LogP contribution in [0.1, 0.15) is 66.3 Å². The molecule has 14 heteroatoms. The third-order valence-electron chi connectivity index (χ3n) is 7.81. The lowest BCUT2D eigenvalue weighted by Crippen LogP contribution is -2.45. The minimum atomic E-state index is -0.971. The van der Waals surface area contributed by atoms with Gasteiger partial charge in [-0.15, -0.1) is 5.10 Å². The van der Waals surface area contributed by atoms with Crippen molar-refractivity contribution in [3.8, 4) is 0 Å². The Morgan fingerprint density at radius 1 is 0.894 bits per heavy atom. The van der Waals surface area contributed by atoms with E-state index < -0.39 is 54.4 Å². The van der Waals surface area contributed by atoms with Crippen LogP contribution in [0.2, 0.25) is 0 Å². The first-order valence-corrected chi connectivity index (χ1v) is 15.1. The predicted octanol–water partition coefficient (Wildman–Crippen LogP) is 2.38. The number of methoxy groups -OCH3 is 2. The number of aliphatic hydroxyl groups excluding tert-OH is 1. The Morgan fingerprint density at radius 2 is 1.53 bits per heavy atom. The molecule has 3 heterocycles. The predicted molar refractivity (Wildman–Crippen MR) is 167 cm³/mol. The van der Waals surface area contributed by atoms with Crippen LogP contribution in [-0.4, -0.2) is 76.9 Å². The number of carbonyl (C=O) groups is 4. The number of benzene rings is 2. The van der Waals surface area contributed by atoms with Crippen LogP contribution in [-0.2, 0) is 35.3 Å². The lowest BCUT2D eigenvalue weighted by atomic mass is 10.0. The number of nitrogens with one attached hydrogen (secondary N) is 3. The highest BCUT2D eigenvalue weighted by Crippen LogP contribution is 2.27. The molecule has 0 radical (unpaired) electrons. The van der Waals surface area contributed by atoms with Crippen molar-refractivity contribution in [1.29, 1.82) is 0 Å². The number of aliphatic hydroxyl groups is 1. The summed E-state index contributed by atoms with van der Waals surface area (Å²) in [5.74, 6) is -3.11. The summed E-state index contributed by atoms with van der Waals surface area (Å²) in [7, 11) is 2.25. The Labute approximate surface area is 270 Å². The van der Waals surface area contributed by atoms with E-state index in [4.69, 9.17) is 13.9 Å². The van der Waals surface area contributed by atoms with Gasteiger partial charge in [-0.25, -0.2) is 14.4 Å². The van der Waals surface area contributed by atoms with E-state index in [9.17, 15) is 24.3 Å². The van der Waals surface area contributed by atoms with Crippen molar-refractivity contribution in [3.05, 3.63) is 106 Å². The molecule has 4 bridgehead atoms. The smallest absolute Gasteiger partial charge is 0.342 e. The molecule has 0 aliphatic carbocycles. The average molecular weight is 645 g/mol. The van der Waals surface area contributed by atoms with Crippen molar-refractivity contribution < 1.29 is 38.2 Å². The van der Waals surface area contributed by atoms with Crippen LogP contribution < -0.4 is 16.0 Å². The number of amides is 3. The third-order valence-corrected chi connectivity index (χ3v) is 7.81. The summed E-state index contributed by atoms with van der Waals surface area (Å²) in [5.41, 5.74) is 1.71. The molecular weight excluding hydrogens is 608 g/mol. The molecule has 14 nitrogen and oxygen atoms in total. The van der Waals surface area contributed by atoms with E-state index in [-0.39, 0.29) is 36.3 Å². The first-order valence-electron chi connectivity index (χ1n) is 15.1. The lowest BCUT2D eigenvalue weighted by molar-refractivity contribution is 0.0554. The fourth-order valence-corrected chi connectivity index (χ4v) is 5.51. The van der Waals surface area contributed by atoms with Gasteiger partial charge in [0.1, 0.15) is 22.6 Å². The quantitative estimate of drug-likeness (QED) is 0.218. The van der Waals surface area contributed by atoms with Crippen LogP contribution in [0, 0.1) is 0 Å². The van der Waals surface area contributed by atoms with Gasteiger partial charge in [-0.2, -0.15) is 0 Å². The van der Waals surface area contributed by atoms with Gasteiger partial charge in [-0.3, -0.25) is 9.48 Å². The fourth-order valence-electron chi connectivity index (χ4n) is 5.51. The molecular formula is C33H36N6O8. The van der Waals surface area contributed by atoms with Crippen molar-refractivity contribution in [2.45, 2.75) is 50.4 Å². The van der Waals surface area contributed by atoms with Crippen molar-refractivity contribution in [1.82, 2.24) is 30.9 Å². The van der Waals surface area contributed by atoms with Crippen LogP contribution in [0.4, 0.5) is 4.79 Å². The van der Waals surface area contributed by atoms with Crippen molar-refractivity contribution in [3.63, 3.8) is 0 Å². The molecule has 4 aromatic rings. The molecule has 1 aliphatic rings. The largest absolute Gasteiger partial charge is 0.465 e. The SMILES string of the molecule is COC(=O)c1c2oc(c1C(=O)OC)C(=O)N[C@@H](Cc1ccccc1)Cn1cc(nn1)[C@H](Cc1ccccc1)NC(=O)N[C@@H](CO)CC2. The van der Waals surface area contributed by atoms with Crippen LogP contribution in [0.3, 0.4) is 0 Å². The molecule has 0 saturated heterocycles. The van der Waals surface area contributed by atoms with Gasteiger partial charge < -0.3 is 34.9 Å². The van der Waals surface area contributed by atoms with E-state index in [1.807, 2.05) is 60.7 Å². The zero-order valence-electron chi connectivity index (χ0n) is 26.0. The van der Waals surface area contributed by atoms with E-state index in [2.05, 4.69) is 26.3 Å². The molecule has 5 rings (SSSR count). The number of nitrogens with zero attached hydrogens (tertiary/aromatic N) is 3. The second kappa shape index (κ2) is 15.2. The summed E-state index contributed by atoms with van der Waals surface area (Å²) in [6.45, 7) is -0.283. The number of aryl methyl sites for hydroxylation is 1. The summed E-state index contributed by atoms with van der Waals surface area (Å²) >= 11 is 0. The maximum Gasteiger partial charge on any atom is 0.342 e. The molecule has 47 heavy (non-hydrogen) atoms. The number of aromatic nitrogens is 3. The Kier molecular flexibility index (Phi) is 10.6. The van der Waals surface area contributed by atoms with Crippen molar-refractivity contribution >= 4 is 23.9 Å². The van der Waals surface area contributed by atoms with Crippen molar-refractivity contribution in [2.24, 2.45) is 0 Å². The van der Waals surface area contributed by atoms with Gasteiger partial charge in [-0.05, 0) is 30.4 Å². The highest BCUT2D eigenvalue weighted by atomic mass is 16.5. The van der Waals surface area contributed by atoms with Crippen LogP contribution in [0.15, 0.2) is 71.3 Å². The van der Waals surface area contributed by atoms with E-state index in [0.717, 1.165) is 25.3 Å². The summed E-state index contributed by atoms with van der Waals surface area (Å²) < 4.78 is 17.3. The Balaban J connectivity index is 1.57. The molecule has 3 atom stereocenters. The van der Waals surface area contributed by atoms with E-state index >= 15 is 0 Å². The summed E-state index contributed by atoms with van der Waals surface area (Å²) in [6.07, 6.45) is 2.52. The molecule has 2 aromatic carbocycles. The van der Waals surface area contributed by atoms with Gasteiger partial charge in [0.25, 0.3) is 5.91 Å². The number of hydrogen-bond acceptors (Lipinski definition) is 10. The van der Waals surface area contributed by atoms with E-state index in [0.29, 0.717) is 18.5 Å². The number of urea groups is 1. The first kappa shape index (κ1) is 32.9. The molecule has 246 valence electrons. The van der Waals surface area contributed by atoms with Gasteiger partial charge in [0, 0.05) is 6.42 Å². The number of rotatable bonds is 7. The highest BCUT2D eigenvalue weighted by molar-refractivity contribution is 6.11. The Hall–Kier alpha value is -5.50. The number of carbonyl (C=O) groups excluding carboxylic acids is 4. The van der Waals surface area contributed by atoms with E-state index in [1.54, 1.807) is 10.9 Å². The van der Waals surface area contributed by atoms with Gasteiger partial charge in [-0.1, -0.05) is 65.9 Å². The second-order valence-electron chi connectivity index (χ2n) is 11.1. The van der Waals surface area contributed by atoms with Crippen LogP contribution in [0.25, 0.3) is 0 Å². The summed E-state index contributed by atoms with van der Waals surface area (Å²) in [6, 6.07) is 16.5.